The van der Waals surface area contributed by atoms with Crippen LogP contribution in [0.5, 0.6) is 5.75 Å². The SMILES string of the molecule is CCN(CC)C(=O)[C@H]1CO[C@@]2(C)CC[C@@H]3c4ccc(O)cc4CC[C@H]3[C@H]12. The van der Waals surface area contributed by atoms with Crippen molar-refractivity contribution < 1.29 is 14.6 Å². The van der Waals surface area contributed by atoms with Crippen LogP contribution >= 0.6 is 0 Å². The lowest BCUT2D eigenvalue weighted by atomic mass is 9.56. The number of phenols is 1. The summed E-state index contributed by atoms with van der Waals surface area (Å²) >= 11 is 0. The molecule has 0 bridgehead atoms. The fourth-order valence-electron chi connectivity index (χ4n) is 6.06. The molecule has 1 aliphatic heterocycles. The molecule has 5 atom stereocenters. The normalized spacial score (nSPS) is 35.3. The first-order valence-electron chi connectivity index (χ1n) is 10.2. The van der Waals surface area contributed by atoms with Gasteiger partial charge in [0.15, 0.2) is 0 Å². The first-order valence-corrected chi connectivity index (χ1v) is 10.2. The van der Waals surface area contributed by atoms with Gasteiger partial charge >= 0.3 is 0 Å². The lowest BCUT2D eigenvalue weighted by Gasteiger charge is -2.49. The fraction of sp³-hybridized carbons (Fsp3) is 0.682. The summed E-state index contributed by atoms with van der Waals surface area (Å²) in [5, 5.41) is 9.84. The predicted octanol–water partition coefficient (Wildman–Crippen LogP) is 3.72. The molecule has 4 rings (SSSR count). The van der Waals surface area contributed by atoms with Crippen molar-refractivity contribution in [3.63, 3.8) is 0 Å². The minimum absolute atomic E-state index is 0.00800. The number of carbonyl (C=O) groups excluding carboxylic acids is 1. The third-order valence-electron chi connectivity index (χ3n) is 7.33. The third kappa shape index (κ3) is 2.65. The van der Waals surface area contributed by atoms with Crippen molar-refractivity contribution in [2.24, 2.45) is 17.8 Å². The van der Waals surface area contributed by atoms with Gasteiger partial charge in [-0.05, 0) is 81.5 Å². The van der Waals surface area contributed by atoms with Crippen LogP contribution in [0, 0.1) is 17.8 Å². The summed E-state index contributed by atoms with van der Waals surface area (Å²) in [7, 11) is 0. The fourth-order valence-corrected chi connectivity index (χ4v) is 6.06. The molecular formula is C22H31NO3. The van der Waals surface area contributed by atoms with Gasteiger partial charge in [-0.15, -0.1) is 0 Å². The van der Waals surface area contributed by atoms with Gasteiger partial charge in [-0.3, -0.25) is 4.79 Å². The predicted molar refractivity (Wildman–Crippen MR) is 101 cm³/mol. The van der Waals surface area contributed by atoms with E-state index in [1.165, 1.54) is 11.1 Å². The molecule has 2 fully saturated rings. The number of aryl methyl sites for hydroxylation is 1. The number of ether oxygens (including phenoxy) is 1. The van der Waals surface area contributed by atoms with Crippen molar-refractivity contribution in [2.75, 3.05) is 19.7 Å². The second-order valence-electron chi connectivity index (χ2n) is 8.50. The van der Waals surface area contributed by atoms with Crippen LogP contribution < -0.4 is 0 Å². The monoisotopic (exact) mass is 357 g/mol. The average molecular weight is 357 g/mol. The zero-order chi connectivity index (χ0) is 18.5. The summed E-state index contributed by atoms with van der Waals surface area (Å²) in [5.41, 5.74) is 2.52. The molecule has 1 saturated carbocycles. The van der Waals surface area contributed by atoms with E-state index in [1.807, 2.05) is 17.0 Å². The number of amides is 1. The number of hydrogen-bond donors (Lipinski definition) is 1. The molecule has 0 unspecified atom stereocenters. The van der Waals surface area contributed by atoms with E-state index in [1.54, 1.807) is 0 Å². The summed E-state index contributed by atoms with van der Waals surface area (Å²) < 4.78 is 6.29. The van der Waals surface area contributed by atoms with Crippen LogP contribution in [0.15, 0.2) is 18.2 Å². The van der Waals surface area contributed by atoms with E-state index in [-0.39, 0.29) is 17.4 Å². The zero-order valence-corrected chi connectivity index (χ0v) is 16.2. The topological polar surface area (TPSA) is 49.8 Å². The van der Waals surface area contributed by atoms with Crippen molar-refractivity contribution in [1.29, 1.82) is 0 Å². The molecule has 1 saturated heterocycles. The molecule has 26 heavy (non-hydrogen) atoms. The molecule has 3 aliphatic rings. The summed E-state index contributed by atoms with van der Waals surface area (Å²) in [6, 6.07) is 5.86. The number of benzene rings is 1. The van der Waals surface area contributed by atoms with Crippen LogP contribution in [0.1, 0.15) is 57.1 Å². The third-order valence-corrected chi connectivity index (χ3v) is 7.33. The van der Waals surface area contributed by atoms with Crippen molar-refractivity contribution in [3.05, 3.63) is 29.3 Å². The van der Waals surface area contributed by atoms with E-state index in [0.29, 0.717) is 30.1 Å². The molecule has 1 heterocycles. The van der Waals surface area contributed by atoms with Gasteiger partial charge in [-0.2, -0.15) is 0 Å². The lowest BCUT2D eigenvalue weighted by molar-refractivity contribution is -0.137. The number of rotatable bonds is 3. The van der Waals surface area contributed by atoms with E-state index in [0.717, 1.165) is 38.8 Å². The van der Waals surface area contributed by atoms with Gasteiger partial charge in [0.1, 0.15) is 5.75 Å². The minimum Gasteiger partial charge on any atom is -0.508 e. The average Bonchev–Trinajstić information content (AvgIpc) is 2.99. The highest BCUT2D eigenvalue weighted by molar-refractivity contribution is 5.80. The van der Waals surface area contributed by atoms with Crippen molar-refractivity contribution in [1.82, 2.24) is 4.90 Å². The molecule has 1 aromatic rings. The highest BCUT2D eigenvalue weighted by Gasteiger charge is 2.57. The van der Waals surface area contributed by atoms with Gasteiger partial charge in [0.05, 0.1) is 18.1 Å². The molecule has 4 heteroatoms. The highest BCUT2D eigenvalue weighted by Crippen LogP contribution is 2.57. The van der Waals surface area contributed by atoms with Gasteiger partial charge in [0.2, 0.25) is 5.91 Å². The van der Waals surface area contributed by atoms with Gasteiger partial charge in [0, 0.05) is 19.0 Å². The van der Waals surface area contributed by atoms with Crippen LogP contribution in [-0.4, -0.2) is 41.2 Å². The Bertz CT molecular complexity index is 699. The van der Waals surface area contributed by atoms with E-state index in [2.05, 4.69) is 26.8 Å². The molecule has 0 aromatic heterocycles. The van der Waals surface area contributed by atoms with E-state index >= 15 is 0 Å². The second-order valence-corrected chi connectivity index (χ2v) is 8.50. The first kappa shape index (κ1) is 17.8. The van der Waals surface area contributed by atoms with Crippen LogP contribution in [0.25, 0.3) is 0 Å². The number of nitrogens with zero attached hydrogens (tertiary/aromatic N) is 1. The van der Waals surface area contributed by atoms with Gasteiger partial charge in [-0.25, -0.2) is 0 Å². The Hall–Kier alpha value is -1.55. The van der Waals surface area contributed by atoms with Gasteiger partial charge < -0.3 is 14.7 Å². The number of phenolic OH excluding ortho intramolecular Hbond substituents is 1. The van der Waals surface area contributed by atoms with E-state index in [4.69, 9.17) is 4.74 Å². The Kier molecular flexibility index (Phi) is 4.50. The number of hydrogen-bond acceptors (Lipinski definition) is 3. The minimum atomic E-state index is -0.164. The highest BCUT2D eigenvalue weighted by atomic mass is 16.5. The number of fused-ring (bicyclic) bond motifs is 5. The van der Waals surface area contributed by atoms with Crippen LogP contribution in [0.4, 0.5) is 0 Å². The Morgan fingerprint density at radius 1 is 1.31 bits per heavy atom. The molecular weight excluding hydrogens is 326 g/mol. The lowest BCUT2D eigenvalue weighted by Crippen LogP contribution is -2.50. The molecule has 1 N–H and O–H groups in total. The van der Waals surface area contributed by atoms with Crippen molar-refractivity contribution >= 4 is 5.91 Å². The zero-order valence-electron chi connectivity index (χ0n) is 16.2. The van der Waals surface area contributed by atoms with Crippen LogP contribution in [0.2, 0.25) is 0 Å². The Morgan fingerprint density at radius 3 is 2.81 bits per heavy atom. The number of aromatic hydroxyl groups is 1. The maximum Gasteiger partial charge on any atom is 0.228 e. The smallest absolute Gasteiger partial charge is 0.228 e. The van der Waals surface area contributed by atoms with Gasteiger partial charge in [0.25, 0.3) is 0 Å². The molecule has 0 spiro atoms. The maximum atomic E-state index is 13.2. The first-order chi connectivity index (χ1) is 12.5. The summed E-state index contributed by atoms with van der Waals surface area (Å²) in [4.78, 5) is 15.2. The quantitative estimate of drug-likeness (QED) is 0.897. The Morgan fingerprint density at radius 2 is 2.08 bits per heavy atom. The largest absolute Gasteiger partial charge is 0.508 e. The van der Waals surface area contributed by atoms with E-state index < -0.39 is 0 Å². The molecule has 0 radical (unpaired) electrons. The van der Waals surface area contributed by atoms with Gasteiger partial charge in [-0.1, -0.05) is 6.07 Å². The molecule has 2 aliphatic carbocycles. The molecule has 1 aromatic carbocycles. The second kappa shape index (κ2) is 6.56. The van der Waals surface area contributed by atoms with Crippen LogP contribution in [0.3, 0.4) is 0 Å². The molecule has 1 amide bonds. The summed E-state index contributed by atoms with van der Waals surface area (Å²) in [5.74, 6) is 1.93. The standard InChI is InChI=1S/C22H31NO3/c1-4-23(5-2)21(25)19-13-26-22(3)11-10-17-16-9-7-15(24)12-14(16)6-8-18(17)20(19)22/h7,9,12,17-20,24H,4-6,8,10-11,13H2,1-3H3/t17-,18-,19+,20-,22+/m1/s1. The summed E-state index contributed by atoms with van der Waals surface area (Å²) in [6.45, 7) is 8.46. The van der Waals surface area contributed by atoms with Crippen molar-refractivity contribution in [2.45, 2.75) is 58.0 Å². The Labute approximate surface area is 156 Å². The van der Waals surface area contributed by atoms with Crippen molar-refractivity contribution in [3.8, 4) is 5.75 Å². The summed E-state index contributed by atoms with van der Waals surface area (Å²) in [6.07, 6.45) is 4.21. The molecule has 4 nitrogen and oxygen atoms in total. The maximum absolute atomic E-state index is 13.2. The number of carbonyl (C=O) groups is 1. The Balaban J connectivity index is 1.67. The van der Waals surface area contributed by atoms with E-state index in [9.17, 15) is 9.90 Å². The molecule has 142 valence electrons. The van der Waals surface area contributed by atoms with Crippen LogP contribution in [-0.2, 0) is 16.0 Å².